The van der Waals surface area contributed by atoms with Crippen molar-refractivity contribution in [3.8, 4) is 0 Å². The Morgan fingerprint density at radius 2 is 1.80 bits per heavy atom. The minimum atomic E-state index is -0.455. The minimum absolute atomic E-state index is 0.239. The lowest BCUT2D eigenvalue weighted by molar-refractivity contribution is 0.140. The molecule has 0 spiro atoms. The number of nitrogens with two attached hydrogens (primary N) is 1. The summed E-state index contributed by atoms with van der Waals surface area (Å²) in [5.41, 5.74) is 11.0. The number of methoxy groups -OCH3 is 1. The Hall–Kier alpha value is -2.95. The lowest BCUT2D eigenvalue weighted by atomic mass is 10.0. The summed E-state index contributed by atoms with van der Waals surface area (Å²) < 4.78 is 10.7. The van der Waals surface area contributed by atoms with E-state index < -0.39 is 6.09 Å². The summed E-state index contributed by atoms with van der Waals surface area (Å²) in [6, 6.07) is 9.59. The van der Waals surface area contributed by atoms with Gasteiger partial charge in [-0.2, -0.15) is 0 Å². The molecule has 0 aliphatic heterocycles. The summed E-state index contributed by atoms with van der Waals surface area (Å²) in [5, 5.41) is 2.81. The van der Waals surface area contributed by atoms with Crippen LogP contribution in [0.1, 0.15) is 52.5 Å². The van der Waals surface area contributed by atoms with Crippen LogP contribution in [0.2, 0.25) is 0 Å². The van der Waals surface area contributed by atoms with Crippen molar-refractivity contribution in [1.82, 2.24) is 5.32 Å². The predicted octanol–water partition coefficient (Wildman–Crippen LogP) is 5.76. The third-order valence-corrected chi connectivity index (χ3v) is 4.62. The van der Waals surface area contributed by atoms with Crippen LogP contribution in [0.15, 0.2) is 76.7 Å². The number of carbonyl (C=O) groups is 1. The molecule has 0 atom stereocenters. The Labute approximate surface area is 181 Å². The fourth-order valence-corrected chi connectivity index (χ4v) is 2.91. The maximum atomic E-state index is 12.1. The van der Waals surface area contributed by atoms with Crippen molar-refractivity contribution < 1.29 is 14.3 Å². The SMILES string of the molecule is CC/C=C(C)/C(=C\C=C(C)\C(N)=C(\CCC)CNC(=O)OCc1ccccc1)OC. The number of carbonyl (C=O) groups excluding carboxylic acids is 1. The van der Waals surface area contributed by atoms with E-state index in [9.17, 15) is 4.79 Å². The van der Waals surface area contributed by atoms with Crippen molar-refractivity contribution in [3.05, 3.63) is 82.3 Å². The molecule has 1 amide bonds. The molecule has 0 unspecified atom stereocenters. The van der Waals surface area contributed by atoms with Crippen molar-refractivity contribution >= 4 is 6.09 Å². The van der Waals surface area contributed by atoms with Gasteiger partial charge in [0, 0.05) is 12.2 Å². The smallest absolute Gasteiger partial charge is 0.407 e. The molecule has 1 aromatic rings. The summed E-state index contributed by atoms with van der Waals surface area (Å²) in [5.74, 6) is 0.809. The topological polar surface area (TPSA) is 73.6 Å². The molecule has 5 heteroatoms. The molecule has 1 aromatic carbocycles. The van der Waals surface area contributed by atoms with Crippen LogP contribution in [0, 0.1) is 0 Å². The van der Waals surface area contributed by atoms with E-state index in [-0.39, 0.29) is 6.61 Å². The second kappa shape index (κ2) is 14.1. The van der Waals surface area contributed by atoms with Crippen molar-refractivity contribution in [2.24, 2.45) is 5.73 Å². The maximum absolute atomic E-state index is 12.1. The summed E-state index contributed by atoms with van der Waals surface area (Å²) in [7, 11) is 1.66. The van der Waals surface area contributed by atoms with E-state index in [1.165, 1.54) is 0 Å². The highest BCUT2D eigenvalue weighted by Gasteiger charge is 2.09. The van der Waals surface area contributed by atoms with Crippen LogP contribution in [0.3, 0.4) is 0 Å². The molecule has 164 valence electrons. The summed E-state index contributed by atoms with van der Waals surface area (Å²) in [6.45, 7) is 8.75. The number of alkyl carbamates (subject to hydrolysis) is 1. The number of allylic oxidation sites excluding steroid dienone is 5. The molecular formula is C25H36N2O3. The quantitative estimate of drug-likeness (QED) is 0.358. The molecule has 0 aliphatic carbocycles. The van der Waals surface area contributed by atoms with Gasteiger partial charge in [-0.1, -0.05) is 62.8 Å². The number of hydrogen-bond acceptors (Lipinski definition) is 4. The standard InChI is InChI=1S/C25H36N2O3/c1-6-11-19(3)23(29-5)16-15-20(4)24(26)22(12-7-2)17-27-25(28)30-18-21-13-9-8-10-14-21/h8-11,13-16H,6-7,12,17-18,26H2,1-5H3,(H,27,28)/b19-11+,20-15+,23-16+,24-22+. The number of nitrogens with one attached hydrogen (secondary N) is 1. The average Bonchev–Trinajstić information content (AvgIpc) is 2.75. The molecule has 0 aromatic heterocycles. The van der Waals surface area contributed by atoms with Crippen LogP contribution in [-0.4, -0.2) is 19.7 Å². The molecule has 0 bridgehead atoms. The first kappa shape index (κ1) is 25.1. The van der Waals surface area contributed by atoms with E-state index in [2.05, 4.69) is 25.2 Å². The fraction of sp³-hybridized carbons (Fsp3) is 0.400. The molecular weight excluding hydrogens is 376 g/mol. The van der Waals surface area contributed by atoms with Crippen molar-refractivity contribution in [1.29, 1.82) is 0 Å². The van der Waals surface area contributed by atoms with Gasteiger partial charge in [0.2, 0.25) is 0 Å². The zero-order valence-corrected chi connectivity index (χ0v) is 19.0. The lowest BCUT2D eigenvalue weighted by Gasteiger charge is -2.14. The molecule has 0 saturated heterocycles. The third kappa shape index (κ3) is 9.03. The van der Waals surface area contributed by atoms with Crippen molar-refractivity contribution in [2.45, 2.75) is 53.6 Å². The van der Waals surface area contributed by atoms with Gasteiger partial charge in [-0.05, 0) is 55.0 Å². The number of hydrogen-bond donors (Lipinski definition) is 2. The first-order chi connectivity index (χ1) is 14.4. The van der Waals surface area contributed by atoms with Crippen LogP contribution >= 0.6 is 0 Å². The van der Waals surface area contributed by atoms with Gasteiger partial charge in [-0.15, -0.1) is 0 Å². The Balaban J connectivity index is 2.81. The number of ether oxygens (including phenoxy) is 2. The molecule has 30 heavy (non-hydrogen) atoms. The number of amides is 1. The maximum Gasteiger partial charge on any atom is 0.407 e. The monoisotopic (exact) mass is 412 g/mol. The molecule has 3 N–H and O–H groups in total. The fourth-order valence-electron chi connectivity index (χ4n) is 2.91. The second-order valence-corrected chi connectivity index (χ2v) is 7.06. The van der Waals surface area contributed by atoms with Crippen LogP contribution < -0.4 is 11.1 Å². The molecule has 0 heterocycles. The van der Waals surface area contributed by atoms with E-state index in [0.717, 1.165) is 47.3 Å². The van der Waals surface area contributed by atoms with Gasteiger partial charge in [-0.3, -0.25) is 0 Å². The van der Waals surface area contributed by atoms with Crippen molar-refractivity contribution in [3.63, 3.8) is 0 Å². The molecule has 5 nitrogen and oxygen atoms in total. The number of benzene rings is 1. The normalized spacial score (nSPS) is 13.6. The Morgan fingerprint density at radius 3 is 2.40 bits per heavy atom. The molecule has 0 radical (unpaired) electrons. The summed E-state index contributed by atoms with van der Waals surface area (Å²) >= 11 is 0. The molecule has 0 aliphatic rings. The van der Waals surface area contributed by atoms with E-state index in [0.29, 0.717) is 12.2 Å². The molecule has 0 saturated carbocycles. The van der Waals surface area contributed by atoms with Crippen molar-refractivity contribution in [2.75, 3.05) is 13.7 Å². The van der Waals surface area contributed by atoms with Crippen LogP contribution in [0.5, 0.6) is 0 Å². The molecule has 1 rings (SSSR count). The van der Waals surface area contributed by atoms with Gasteiger partial charge in [-0.25, -0.2) is 4.79 Å². The lowest BCUT2D eigenvalue weighted by Crippen LogP contribution is -2.27. The Kier molecular flexibility index (Phi) is 11.8. The number of rotatable bonds is 11. The highest BCUT2D eigenvalue weighted by molar-refractivity contribution is 5.67. The first-order valence-electron chi connectivity index (χ1n) is 10.4. The van der Waals surface area contributed by atoms with Gasteiger partial charge in [0.15, 0.2) is 0 Å². The highest BCUT2D eigenvalue weighted by atomic mass is 16.5. The summed E-state index contributed by atoms with van der Waals surface area (Å²) in [4.78, 5) is 12.1. The second-order valence-electron chi connectivity index (χ2n) is 7.06. The summed E-state index contributed by atoms with van der Waals surface area (Å²) in [6.07, 6.45) is 8.21. The van der Waals surface area contributed by atoms with Crippen LogP contribution in [0.25, 0.3) is 0 Å². The van der Waals surface area contributed by atoms with Gasteiger partial charge in [0.25, 0.3) is 0 Å². The Morgan fingerprint density at radius 1 is 1.10 bits per heavy atom. The van der Waals surface area contributed by atoms with Gasteiger partial charge < -0.3 is 20.5 Å². The largest absolute Gasteiger partial charge is 0.497 e. The van der Waals surface area contributed by atoms with E-state index in [4.69, 9.17) is 15.2 Å². The third-order valence-electron chi connectivity index (χ3n) is 4.62. The first-order valence-corrected chi connectivity index (χ1v) is 10.4. The van der Waals surface area contributed by atoms with E-state index in [1.54, 1.807) is 7.11 Å². The minimum Gasteiger partial charge on any atom is -0.497 e. The predicted molar refractivity (Wildman–Crippen MR) is 124 cm³/mol. The Bertz CT molecular complexity index is 790. The van der Waals surface area contributed by atoms with Gasteiger partial charge in [0.05, 0.1) is 7.11 Å². The van der Waals surface area contributed by atoms with Gasteiger partial charge >= 0.3 is 6.09 Å². The van der Waals surface area contributed by atoms with Gasteiger partial charge in [0.1, 0.15) is 12.4 Å². The highest BCUT2D eigenvalue weighted by Crippen LogP contribution is 2.16. The molecule has 0 fully saturated rings. The zero-order valence-electron chi connectivity index (χ0n) is 19.0. The average molecular weight is 413 g/mol. The van der Waals surface area contributed by atoms with Crippen LogP contribution in [-0.2, 0) is 16.1 Å². The van der Waals surface area contributed by atoms with E-state index in [1.807, 2.05) is 56.3 Å². The zero-order chi connectivity index (χ0) is 22.4. The van der Waals surface area contributed by atoms with E-state index >= 15 is 0 Å². The van der Waals surface area contributed by atoms with Crippen LogP contribution in [0.4, 0.5) is 4.79 Å².